The summed E-state index contributed by atoms with van der Waals surface area (Å²) in [6.07, 6.45) is 0. The molecule has 0 saturated heterocycles. The topological polar surface area (TPSA) is 9.23 Å². The van der Waals surface area contributed by atoms with Crippen LogP contribution in [0.2, 0.25) is 0 Å². The maximum absolute atomic E-state index is 5.47. The highest BCUT2D eigenvalue weighted by atomic mass is 16.5. The smallest absolute Gasteiger partial charge is 0.0871 e. The fourth-order valence-electron chi connectivity index (χ4n) is 1.81. The van der Waals surface area contributed by atoms with Gasteiger partial charge in [0.1, 0.15) is 0 Å². The van der Waals surface area contributed by atoms with Gasteiger partial charge < -0.3 is 4.74 Å². The van der Waals surface area contributed by atoms with E-state index < -0.39 is 0 Å². The molecule has 0 radical (unpaired) electrons. The van der Waals surface area contributed by atoms with Gasteiger partial charge in [0.2, 0.25) is 0 Å². The first-order valence-electron chi connectivity index (χ1n) is 5.84. The lowest BCUT2D eigenvalue weighted by molar-refractivity contribution is 0.0192. The molecule has 17 heavy (non-hydrogen) atoms. The summed E-state index contributed by atoms with van der Waals surface area (Å²) in [5.41, 5.74) is 3.45. The maximum Gasteiger partial charge on any atom is 0.0871 e. The Kier molecular flexibility index (Phi) is 3.30. The highest BCUT2D eigenvalue weighted by Crippen LogP contribution is 2.26. The van der Waals surface area contributed by atoms with Gasteiger partial charge >= 0.3 is 0 Å². The SMILES string of the molecule is COC(C)(C)c1ccc(-c2ccccc2)cc1. The second kappa shape index (κ2) is 4.72. The van der Waals surface area contributed by atoms with Crippen molar-refractivity contribution in [3.8, 4) is 11.1 Å². The molecule has 0 aromatic heterocycles. The summed E-state index contributed by atoms with van der Waals surface area (Å²) in [6.45, 7) is 4.15. The predicted octanol–water partition coefficient (Wildman–Crippen LogP) is 4.24. The van der Waals surface area contributed by atoms with Crippen molar-refractivity contribution < 1.29 is 4.74 Å². The number of ether oxygens (including phenoxy) is 1. The van der Waals surface area contributed by atoms with E-state index in [-0.39, 0.29) is 5.60 Å². The van der Waals surface area contributed by atoms with Gasteiger partial charge in [0.25, 0.3) is 0 Å². The minimum absolute atomic E-state index is 0.227. The first kappa shape index (κ1) is 11.9. The van der Waals surface area contributed by atoms with Crippen LogP contribution in [0.3, 0.4) is 0 Å². The van der Waals surface area contributed by atoms with Crippen molar-refractivity contribution in [2.75, 3.05) is 7.11 Å². The normalized spacial score (nSPS) is 11.5. The lowest BCUT2D eigenvalue weighted by Gasteiger charge is -2.23. The van der Waals surface area contributed by atoms with Crippen molar-refractivity contribution in [3.63, 3.8) is 0 Å². The number of hydrogen-bond acceptors (Lipinski definition) is 1. The summed E-state index contributed by atoms with van der Waals surface area (Å²) in [5.74, 6) is 0. The Balaban J connectivity index is 2.31. The molecule has 0 bridgehead atoms. The van der Waals surface area contributed by atoms with Crippen LogP contribution in [0.1, 0.15) is 19.4 Å². The molecule has 88 valence electrons. The zero-order chi connectivity index (χ0) is 12.3. The molecular weight excluding hydrogens is 208 g/mol. The molecule has 0 heterocycles. The predicted molar refractivity (Wildman–Crippen MR) is 71.9 cm³/mol. The van der Waals surface area contributed by atoms with Crippen molar-refractivity contribution >= 4 is 0 Å². The Morgan fingerprint density at radius 1 is 0.765 bits per heavy atom. The second-order valence-electron chi connectivity index (χ2n) is 4.66. The van der Waals surface area contributed by atoms with Crippen LogP contribution in [-0.4, -0.2) is 7.11 Å². The third-order valence-corrected chi connectivity index (χ3v) is 3.20. The summed E-state index contributed by atoms with van der Waals surface area (Å²) in [7, 11) is 1.74. The van der Waals surface area contributed by atoms with Crippen LogP contribution in [0.25, 0.3) is 11.1 Å². The average molecular weight is 226 g/mol. The zero-order valence-electron chi connectivity index (χ0n) is 10.6. The molecule has 0 atom stereocenters. The van der Waals surface area contributed by atoms with Gasteiger partial charge in [-0.3, -0.25) is 0 Å². The summed E-state index contributed by atoms with van der Waals surface area (Å²) < 4.78 is 5.47. The molecule has 0 aliphatic heterocycles. The van der Waals surface area contributed by atoms with E-state index in [1.54, 1.807) is 7.11 Å². The number of benzene rings is 2. The van der Waals surface area contributed by atoms with Crippen LogP contribution in [0.5, 0.6) is 0 Å². The Labute approximate surface area is 103 Å². The monoisotopic (exact) mass is 226 g/mol. The van der Waals surface area contributed by atoms with E-state index in [1.165, 1.54) is 16.7 Å². The van der Waals surface area contributed by atoms with Crippen molar-refractivity contribution in [1.82, 2.24) is 0 Å². The van der Waals surface area contributed by atoms with E-state index in [4.69, 9.17) is 4.74 Å². The minimum atomic E-state index is -0.227. The molecule has 0 aliphatic carbocycles. The van der Waals surface area contributed by atoms with E-state index in [9.17, 15) is 0 Å². The summed E-state index contributed by atoms with van der Waals surface area (Å²) in [6, 6.07) is 18.9. The standard InChI is InChI=1S/C16H18O/c1-16(2,17-3)15-11-9-14(10-12-15)13-7-5-4-6-8-13/h4-12H,1-3H3. The van der Waals surface area contributed by atoms with Crippen molar-refractivity contribution in [2.24, 2.45) is 0 Å². The van der Waals surface area contributed by atoms with Crippen molar-refractivity contribution in [2.45, 2.75) is 19.4 Å². The van der Waals surface area contributed by atoms with Crippen LogP contribution in [0.15, 0.2) is 54.6 Å². The summed E-state index contributed by atoms with van der Waals surface area (Å²) in [4.78, 5) is 0. The third kappa shape index (κ3) is 2.56. The lowest BCUT2D eigenvalue weighted by atomic mass is 9.95. The van der Waals surface area contributed by atoms with Gasteiger partial charge in [-0.2, -0.15) is 0 Å². The number of methoxy groups -OCH3 is 1. The summed E-state index contributed by atoms with van der Waals surface area (Å²) >= 11 is 0. The highest BCUT2D eigenvalue weighted by Gasteiger charge is 2.18. The number of hydrogen-bond donors (Lipinski definition) is 0. The first-order valence-corrected chi connectivity index (χ1v) is 5.84. The van der Waals surface area contributed by atoms with Crippen LogP contribution in [0, 0.1) is 0 Å². The molecule has 0 saturated carbocycles. The van der Waals surface area contributed by atoms with Gasteiger partial charge in [0.15, 0.2) is 0 Å². The van der Waals surface area contributed by atoms with Gasteiger partial charge in [0, 0.05) is 7.11 Å². The molecule has 0 N–H and O–H groups in total. The summed E-state index contributed by atoms with van der Waals surface area (Å²) in [5, 5.41) is 0. The molecule has 0 spiro atoms. The number of rotatable bonds is 3. The van der Waals surface area contributed by atoms with Crippen molar-refractivity contribution in [1.29, 1.82) is 0 Å². The molecular formula is C16H18O. The molecule has 2 aromatic carbocycles. The van der Waals surface area contributed by atoms with E-state index in [0.29, 0.717) is 0 Å². The zero-order valence-corrected chi connectivity index (χ0v) is 10.6. The van der Waals surface area contributed by atoms with Gasteiger partial charge in [-0.1, -0.05) is 54.6 Å². The van der Waals surface area contributed by atoms with Gasteiger partial charge in [-0.15, -0.1) is 0 Å². The molecule has 0 amide bonds. The lowest BCUT2D eigenvalue weighted by Crippen LogP contribution is -2.19. The van der Waals surface area contributed by atoms with Gasteiger partial charge in [-0.05, 0) is 30.5 Å². The quantitative estimate of drug-likeness (QED) is 0.760. The molecule has 2 rings (SSSR count). The molecule has 1 nitrogen and oxygen atoms in total. The minimum Gasteiger partial charge on any atom is -0.374 e. The Bertz CT molecular complexity index is 469. The van der Waals surface area contributed by atoms with Crippen molar-refractivity contribution in [3.05, 3.63) is 60.2 Å². The maximum atomic E-state index is 5.47. The Hall–Kier alpha value is -1.60. The van der Waals surface area contributed by atoms with E-state index in [1.807, 2.05) is 6.07 Å². The molecule has 2 aromatic rings. The third-order valence-electron chi connectivity index (χ3n) is 3.20. The first-order chi connectivity index (χ1) is 8.13. The van der Waals surface area contributed by atoms with E-state index >= 15 is 0 Å². The van der Waals surface area contributed by atoms with Crippen LogP contribution >= 0.6 is 0 Å². The fraction of sp³-hybridized carbons (Fsp3) is 0.250. The van der Waals surface area contributed by atoms with Crippen LogP contribution in [-0.2, 0) is 10.3 Å². The average Bonchev–Trinajstić information content (AvgIpc) is 2.40. The molecule has 0 aliphatic rings. The highest BCUT2D eigenvalue weighted by molar-refractivity contribution is 5.63. The van der Waals surface area contributed by atoms with E-state index in [2.05, 4.69) is 62.4 Å². The van der Waals surface area contributed by atoms with Crippen LogP contribution < -0.4 is 0 Å². The molecule has 0 unspecified atom stereocenters. The molecule has 1 heteroatoms. The fourth-order valence-corrected chi connectivity index (χ4v) is 1.81. The molecule has 0 fully saturated rings. The Morgan fingerprint density at radius 2 is 1.29 bits per heavy atom. The Morgan fingerprint density at radius 3 is 1.82 bits per heavy atom. The van der Waals surface area contributed by atoms with Crippen LogP contribution in [0.4, 0.5) is 0 Å². The van der Waals surface area contributed by atoms with Gasteiger partial charge in [-0.25, -0.2) is 0 Å². The van der Waals surface area contributed by atoms with Gasteiger partial charge in [0.05, 0.1) is 5.60 Å². The second-order valence-corrected chi connectivity index (χ2v) is 4.66. The largest absolute Gasteiger partial charge is 0.374 e. The van der Waals surface area contributed by atoms with E-state index in [0.717, 1.165) is 0 Å².